The molecule has 0 aromatic heterocycles. The fourth-order valence-electron chi connectivity index (χ4n) is 3.08. The molecule has 0 fully saturated rings. The van der Waals surface area contributed by atoms with Gasteiger partial charge in [-0.15, -0.1) is 0 Å². The van der Waals surface area contributed by atoms with Gasteiger partial charge in [-0.25, -0.2) is 0 Å². The van der Waals surface area contributed by atoms with Gasteiger partial charge in [0.2, 0.25) is 0 Å². The van der Waals surface area contributed by atoms with E-state index in [4.69, 9.17) is 23.2 Å². The Morgan fingerprint density at radius 3 is 2.60 bits per heavy atom. The van der Waals surface area contributed by atoms with Gasteiger partial charge in [-0.05, 0) is 32.0 Å². The summed E-state index contributed by atoms with van der Waals surface area (Å²) in [5.41, 5.74) is 5.67. The summed E-state index contributed by atoms with van der Waals surface area (Å²) < 4.78 is 0. The van der Waals surface area contributed by atoms with Crippen molar-refractivity contribution in [3.63, 3.8) is 0 Å². The van der Waals surface area contributed by atoms with E-state index in [9.17, 15) is 15.0 Å². The van der Waals surface area contributed by atoms with Crippen LogP contribution >= 0.6 is 23.2 Å². The van der Waals surface area contributed by atoms with Crippen molar-refractivity contribution in [2.45, 2.75) is 13.8 Å². The lowest BCUT2D eigenvalue weighted by Crippen LogP contribution is -2.33. The number of aliphatic hydroxyl groups excluding tert-OH is 1. The number of carbonyl (C=O) groups is 1. The third-order valence-corrected chi connectivity index (χ3v) is 4.81. The molecular formula is C17H17Cl2N3O3. The van der Waals surface area contributed by atoms with Crippen LogP contribution in [0.15, 0.2) is 52.8 Å². The number of carboxylic acids is 1. The zero-order valence-electron chi connectivity index (χ0n) is 13.8. The highest BCUT2D eigenvalue weighted by atomic mass is 35.5. The number of allylic oxidation sites excluding steroid dienone is 2. The van der Waals surface area contributed by atoms with Crippen molar-refractivity contribution in [1.29, 1.82) is 0 Å². The molecule has 0 saturated carbocycles. The number of benzene rings is 1. The van der Waals surface area contributed by atoms with E-state index >= 15 is 0 Å². The molecule has 0 bridgehead atoms. The van der Waals surface area contributed by atoms with Gasteiger partial charge in [0.1, 0.15) is 11.5 Å². The largest absolute Gasteiger partial charge is 0.505 e. The monoisotopic (exact) mass is 381 g/mol. The van der Waals surface area contributed by atoms with Crippen LogP contribution in [0.2, 0.25) is 10.0 Å². The Morgan fingerprint density at radius 1 is 1.32 bits per heavy atom. The number of rotatable bonds is 3. The predicted octanol–water partition coefficient (Wildman–Crippen LogP) is 3.87. The van der Waals surface area contributed by atoms with E-state index in [1.54, 1.807) is 43.4 Å². The first kappa shape index (κ1) is 17.5. The molecule has 1 unspecified atom stereocenters. The Morgan fingerprint density at radius 2 is 2.00 bits per heavy atom. The smallest absolute Gasteiger partial charge is 0.310 e. The van der Waals surface area contributed by atoms with Crippen LogP contribution in [0, 0.1) is 5.92 Å². The minimum Gasteiger partial charge on any atom is -0.505 e. The van der Waals surface area contributed by atoms with Gasteiger partial charge in [-0.1, -0.05) is 23.2 Å². The highest BCUT2D eigenvalue weighted by molar-refractivity contribution is 6.36. The van der Waals surface area contributed by atoms with Crippen LogP contribution in [0.4, 0.5) is 5.69 Å². The molecule has 3 rings (SSSR count). The molecule has 0 aliphatic carbocycles. The Balaban J connectivity index is 2.25. The molecule has 0 amide bonds. The minimum absolute atomic E-state index is 0.0793. The van der Waals surface area contributed by atoms with Gasteiger partial charge in [-0.3, -0.25) is 15.2 Å². The molecule has 25 heavy (non-hydrogen) atoms. The number of halogens is 2. The Hall–Kier alpha value is -2.31. The van der Waals surface area contributed by atoms with Crippen molar-refractivity contribution in [1.82, 2.24) is 10.4 Å². The number of carboxylic acid groups (broad SMARTS) is 1. The Bertz CT molecular complexity index is 861. The van der Waals surface area contributed by atoms with Crippen LogP contribution in [-0.4, -0.2) is 28.2 Å². The first-order valence-corrected chi connectivity index (χ1v) is 8.32. The normalized spacial score (nSPS) is 18.2. The van der Waals surface area contributed by atoms with E-state index in [2.05, 4.69) is 5.43 Å². The molecule has 0 radical (unpaired) electrons. The molecule has 132 valence electrons. The van der Waals surface area contributed by atoms with Crippen molar-refractivity contribution in [2.75, 3.05) is 11.9 Å². The quantitative estimate of drug-likeness (QED) is 0.737. The summed E-state index contributed by atoms with van der Waals surface area (Å²) in [6, 6.07) is 5.09. The van der Waals surface area contributed by atoms with Crippen LogP contribution in [0.5, 0.6) is 0 Å². The van der Waals surface area contributed by atoms with Crippen LogP contribution in [0.3, 0.4) is 0 Å². The Labute approximate surface area is 155 Å². The zero-order valence-corrected chi connectivity index (χ0v) is 15.4. The van der Waals surface area contributed by atoms with Crippen molar-refractivity contribution >= 4 is 34.9 Å². The third-order valence-electron chi connectivity index (χ3n) is 4.27. The number of aliphatic hydroxyl groups is 1. The van der Waals surface area contributed by atoms with Crippen LogP contribution < -0.4 is 10.3 Å². The van der Waals surface area contributed by atoms with E-state index < -0.39 is 11.9 Å². The molecule has 1 atom stereocenters. The van der Waals surface area contributed by atoms with Crippen LogP contribution in [-0.2, 0) is 4.79 Å². The molecule has 2 aliphatic heterocycles. The fourth-order valence-corrected chi connectivity index (χ4v) is 3.57. The second-order valence-corrected chi connectivity index (χ2v) is 6.79. The lowest BCUT2D eigenvalue weighted by Gasteiger charge is -2.34. The summed E-state index contributed by atoms with van der Waals surface area (Å²) in [5, 5.41) is 22.7. The standard InChI is InChI=1S/C17H17Cl2N3O3/c1-8(17(24)25)14-9(2)22(12-5-4-10(18)6-11(12)19)13-7-21(3)20-15(13)16(14)23/h4-8,20,23H,1-3H3,(H,24,25). The second-order valence-electron chi connectivity index (χ2n) is 5.95. The van der Waals surface area contributed by atoms with Gasteiger partial charge >= 0.3 is 5.97 Å². The number of nitrogens with one attached hydrogen (secondary N) is 1. The van der Waals surface area contributed by atoms with E-state index in [-0.39, 0.29) is 5.76 Å². The minimum atomic E-state index is -1.03. The first-order valence-electron chi connectivity index (χ1n) is 7.56. The molecule has 8 heteroatoms. The van der Waals surface area contributed by atoms with Crippen LogP contribution in [0.25, 0.3) is 0 Å². The highest BCUT2D eigenvalue weighted by Gasteiger charge is 2.38. The summed E-state index contributed by atoms with van der Waals surface area (Å²) in [5.74, 6) is -2.00. The summed E-state index contributed by atoms with van der Waals surface area (Å²) >= 11 is 12.4. The summed E-state index contributed by atoms with van der Waals surface area (Å²) in [6.07, 6.45) is 1.79. The fraction of sp³-hybridized carbons (Fsp3) is 0.235. The molecule has 2 heterocycles. The van der Waals surface area contributed by atoms with Gasteiger partial charge in [0.25, 0.3) is 0 Å². The number of aliphatic carboxylic acids is 1. The topological polar surface area (TPSA) is 76.0 Å². The molecule has 1 aromatic rings. The summed E-state index contributed by atoms with van der Waals surface area (Å²) in [7, 11) is 1.78. The van der Waals surface area contributed by atoms with E-state index in [0.29, 0.717) is 38.4 Å². The molecule has 2 aliphatic rings. The predicted molar refractivity (Wildman–Crippen MR) is 97.1 cm³/mol. The average molecular weight is 382 g/mol. The van der Waals surface area contributed by atoms with E-state index in [1.807, 2.05) is 4.90 Å². The maximum Gasteiger partial charge on any atom is 0.310 e. The van der Waals surface area contributed by atoms with Crippen molar-refractivity contribution in [3.05, 3.63) is 62.9 Å². The maximum atomic E-state index is 11.5. The SMILES string of the molecule is CC1=C(C(C)C(=O)O)C(O)=C2NN(C)C=C2N1c1ccc(Cl)cc1Cl. The zero-order chi connectivity index (χ0) is 18.5. The first-order chi connectivity index (χ1) is 11.7. The van der Waals surface area contributed by atoms with Gasteiger partial charge in [-0.2, -0.15) is 0 Å². The van der Waals surface area contributed by atoms with Crippen molar-refractivity contribution < 1.29 is 15.0 Å². The third kappa shape index (κ3) is 2.81. The second kappa shape index (κ2) is 6.20. The lowest BCUT2D eigenvalue weighted by molar-refractivity contribution is -0.139. The van der Waals surface area contributed by atoms with E-state index in [1.165, 1.54) is 6.92 Å². The molecule has 0 spiro atoms. The molecular weight excluding hydrogens is 365 g/mol. The van der Waals surface area contributed by atoms with Gasteiger partial charge < -0.3 is 15.1 Å². The maximum absolute atomic E-state index is 11.5. The average Bonchev–Trinajstić information content (AvgIpc) is 2.91. The van der Waals surface area contributed by atoms with E-state index in [0.717, 1.165) is 0 Å². The molecule has 0 saturated heterocycles. The number of hydrazine groups is 1. The number of anilines is 1. The number of hydrogen-bond donors (Lipinski definition) is 3. The highest BCUT2D eigenvalue weighted by Crippen LogP contribution is 2.43. The van der Waals surface area contributed by atoms with Gasteiger partial charge in [0.05, 0.1) is 22.3 Å². The molecule has 3 N–H and O–H groups in total. The number of fused-ring (bicyclic) bond motifs is 1. The Kier molecular flexibility index (Phi) is 4.34. The van der Waals surface area contributed by atoms with Crippen LogP contribution in [0.1, 0.15) is 13.8 Å². The molecule has 6 nitrogen and oxygen atoms in total. The molecule has 1 aromatic carbocycles. The number of nitrogens with zero attached hydrogens (tertiary/aromatic N) is 2. The van der Waals surface area contributed by atoms with Gasteiger partial charge in [0.15, 0.2) is 0 Å². The van der Waals surface area contributed by atoms with Crippen molar-refractivity contribution in [2.24, 2.45) is 5.92 Å². The summed E-state index contributed by atoms with van der Waals surface area (Å²) in [6.45, 7) is 3.29. The van der Waals surface area contributed by atoms with Gasteiger partial charge in [0, 0.05) is 29.5 Å². The number of hydrogen-bond acceptors (Lipinski definition) is 5. The van der Waals surface area contributed by atoms with Crippen molar-refractivity contribution in [3.8, 4) is 0 Å². The summed E-state index contributed by atoms with van der Waals surface area (Å²) in [4.78, 5) is 13.3. The lowest BCUT2D eigenvalue weighted by atomic mass is 9.92.